The molecule has 1 aliphatic rings. The predicted molar refractivity (Wildman–Crippen MR) is 83.3 cm³/mol. The molecular formula is C16H22N4. The molecule has 0 radical (unpaired) electrons. The first-order valence-corrected chi connectivity index (χ1v) is 7.41. The SMILES string of the molecule is CCC1CCCN1Cc1cc2ccccc2nc1NN. The molecule has 1 aliphatic heterocycles. The topological polar surface area (TPSA) is 54.2 Å². The Balaban J connectivity index is 1.93. The number of rotatable bonds is 4. The van der Waals surface area contributed by atoms with Crippen molar-refractivity contribution < 1.29 is 0 Å². The van der Waals surface area contributed by atoms with Gasteiger partial charge in [-0.25, -0.2) is 10.8 Å². The van der Waals surface area contributed by atoms with Gasteiger partial charge in [0, 0.05) is 23.5 Å². The third kappa shape index (κ3) is 2.49. The van der Waals surface area contributed by atoms with E-state index in [1.54, 1.807) is 0 Å². The van der Waals surface area contributed by atoms with Crippen LogP contribution in [0.15, 0.2) is 30.3 Å². The minimum absolute atomic E-state index is 0.701. The van der Waals surface area contributed by atoms with Crippen molar-refractivity contribution in [2.45, 2.75) is 38.8 Å². The van der Waals surface area contributed by atoms with Gasteiger partial charge in [0.25, 0.3) is 0 Å². The molecule has 0 bridgehead atoms. The van der Waals surface area contributed by atoms with Crippen LogP contribution in [0.2, 0.25) is 0 Å². The molecule has 1 fully saturated rings. The van der Waals surface area contributed by atoms with E-state index >= 15 is 0 Å². The van der Waals surface area contributed by atoms with Gasteiger partial charge in [0.15, 0.2) is 0 Å². The Morgan fingerprint density at radius 3 is 3.05 bits per heavy atom. The van der Waals surface area contributed by atoms with Crippen molar-refractivity contribution in [1.82, 2.24) is 9.88 Å². The van der Waals surface area contributed by atoms with E-state index in [-0.39, 0.29) is 0 Å². The van der Waals surface area contributed by atoms with E-state index < -0.39 is 0 Å². The molecule has 20 heavy (non-hydrogen) atoms. The average molecular weight is 270 g/mol. The van der Waals surface area contributed by atoms with Gasteiger partial charge in [-0.2, -0.15) is 0 Å². The highest BCUT2D eigenvalue weighted by Crippen LogP contribution is 2.26. The van der Waals surface area contributed by atoms with Gasteiger partial charge in [0.1, 0.15) is 5.82 Å². The lowest BCUT2D eigenvalue weighted by Gasteiger charge is -2.24. The fourth-order valence-corrected chi connectivity index (χ4v) is 3.19. The number of hydrogen-bond acceptors (Lipinski definition) is 4. The van der Waals surface area contributed by atoms with Crippen LogP contribution < -0.4 is 11.3 Å². The number of nitrogen functional groups attached to an aromatic ring is 1. The van der Waals surface area contributed by atoms with E-state index in [1.165, 1.54) is 36.8 Å². The number of para-hydroxylation sites is 1. The highest BCUT2D eigenvalue weighted by Gasteiger charge is 2.23. The molecule has 0 aliphatic carbocycles. The standard InChI is InChI=1S/C16H22N4/c1-2-14-7-5-9-20(14)11-13-10-12-6-3-4-8-15(12)18-16(13)19-17/h3-4,6,8,10,14H,2,5,7,9,11,17H2,1H3,(H,18,19). The van der Waals surface area contributed by atoms with E-state index in [1.807, 2.05) is 18.2 Å². The Kier molecular flexibility index (Phi) is 3.85. The second-order valence-electron chi connectivity index (χ2n) is 5.51. The number of hydrogen-bond donors (Lipinski definition) is 2. The second-order valence-corrected chi connectivity index (χ2v) is 5.51. The van der Waals surface area contributed by atoms with E-state index in [0.717, 1.165) is 17.9 Å². The molecule has 1 aromatic heterocycles. The Bertz CT molecular complexity index is 596. The monoisotopic (exact) mass is 270 g/mol. The Labute approximate surface area is 120 Å². The minimum atomic E-state index is 0.701. The number of aromatic nitrogens is 1. The highest BCUT2D eigenvalue weighted by atomic mass is 15.3. The summed E-state index contributed by atoms with van der Waals surface area (Å²) < 4.78 is 0. The van der Waals surface area contributed by atoms with E-state index in [2.05, 4.69) is 34.4 Å². The molecule has 106 valence electrons. The van der Waals surface area contributed by atoms with Crippen molar-refractivity contribution in [1.29, 1.82) is 0 Å². The molecule has 2 heterocycles. The summed E-state index contributed by atoms with van der Waals surface area (Å²) in [5.41, 5.74) is 4.93. The van der Waals surface area contributed by atoms with Crippen LogP contribution in [0.1, 0.15) is 31.7 Å². The molecule has 0 amide bonds. The first-order valence-electron chi connectivity index (χ1n) is 7.41. The number of nitrogens with two attached hydrogens (primary N) is 1. The zero-order chi connectivity index (χ0) is 13.9. The van der Waals surface area contributed by atoms with Crippen LogP contribution in [0.5, 0.6) is 0 Å². The number of nitrogens with zero attached hydrogens (tertiary/aromatic N) is 2. The van der Waals surface area contributed by atoms with Crippen molar-refractivity contribution in [2.24, 2.45) is 5.84 Å². The number of likely N-dealkylation sites (tertiary alicyclic amines) is 1. The molecule has 0 spiro atoms. The first-order chi connectivity index (χ1) is 9.81. The molecule has 1 saturated heterocycles. The normalized spacial score (nSPS) is 19.6. The van der Waals surface area contributed by atoms with Gasteiger partial charge in [-0.15, -0.1) is 0 Å². The largest absolute Gasteiger partial charge is 0.308 e. The van der Waals surface area contributed by atoms with Crippen LogP contribution in [0.4, 0.5) is 5.82 Å². The van der Waals surface area contributed by atoms with Crippen molar-refractivity contribution in [3.63, 3.8) is 0 Å². The molecular weight excluding hydrogens is 248 g/mol. The summed E-state index contributed by atoms with van der Waals surface area (Å²) in [6.07, 6.45) is 3.82. The zero-order valence-corrected chi connectivity index (χ0v) is 12.0. The molecule has 1 unspecified atom stereocenters. The molecule has 0 saturated carbocycles. The number of hydrazine groups is 1. The Hall–Kier alpha value is -1.65. The van der Waals surface area contributed by atoms with Crippen molar-refractivity contribution in [3.05, 3.63) is 35.9 Å². The van der Waals surface area contributed by atoms with Crippen LogP contribution in [0.25, 0.3) is 10.9 Å². The molecule has 3 rings (SSSR count). The molecule has 3 N–H and O–H groups in total. The lowest BCUT2D eigenvalue weighted by molar-refractivity contribution is 0.240. The molecule has 1 aromatic carbocycles. The number of pyridine rings is 1. The summed E-state index contributed by atoms with van der Waals surface area (Å²) in [4.78, 5) is 7.17. The maximum Gasteiger partial charge on any atom is 0.145 e. The van der Waals surface area contributed by atoms with Crippen LogP contribution in [-0.2, 0) is 6.54 Å². The summed E-state index contributed by atoms with van der Waals surface area (Å²) in [5.74, 6) is 6.45. The lowest BCUT2D eigenvalue weighted by atomic mass is 10.1. The van der Waals surface area contributed by atoms with Gasteiger partial charge in [-0.3, -0.25) is 4.90 Å². The van der Waals surface area contributed by atoms with Gasteiger partial charge < -0.3 is 5.43 Å². The van der Waals surface area contributed by atoms with Gasteiger partial charge in [0.2, 0.25) is 0 Å². The highest BCUT2D eigenvalue weighted by molar-refractivity contribution is 5.81. The smallest absolute Gasteiger partial charge is 0.145 e. The second kappa shape index (κ2) is 5.77. The maximum absolute atomic E-state index is 5.65. The third-order valence-electron chi connectivity index (χ3n) is 4.28. The van der Waals surface area contributed by atoms with Gasteiger partial charge in [-0.05, 0) is 37.9 Å². The third-order valence-corrected chi connectivity index (χ3v) is 4.28. The molecule has 2 aromatic rings. The fraction of sp³-hybridized carbons (Fsp3) is 0.438. The zero-order valence-electron chi connectivity index (χ0n) is 12.0. The Morgan fingerprint density at radius 1 is 1.40 bits per heavy atom. The summed E-state index contributed by atoms with van der Waals surface area (Å²) >= 11 is 0. The van der Waals surface area contributed by atoms with Crippen molar-refractivity contribution >= 4 is 16.7 Å². The minimum Gasteiger partial charge on any atom is -0.308 e. The number of nitrogens with one attached hydrogen (secondary N) is 1. The maximum atomic E-state index is 5.65. The van der Waals surface area contributed by atoms with Crippen LogP contribution >= 0.6 is 0 Å². The number of benzene rings is 1. The van der Waals surface area contributed by atoms with E-state index in [9.17, 15) is 0 Å². The van der Waals surface area contributed by atoms with Gasteiger partial charge in [-0.1, -0.05) is 25.1 Å². The van der Waals surface area contributed by atoms with Crippen molar-refractivity contribution in [3.8, 4) is 0 Å². The molecule has 1 atom stereocenters. The quantitative estimate of drug-likeness (QED) is 0.662. The van der Waals surface area contributed by atoms with Gasteiger partial charge in [0.05, 0.1) is 5.52 Å². The summed E-state index contributed by atoms with van der Waals surface area (Å²) in [7, 11) is 0. The Morgan fingerprint density at radius 2 is 2.25 bits per heavy atom. The average Bonchev–Trinajstić information content (AvgIpc) is 2.93. The number of anilines is 1. The predicted octanol–water partition coefficient (Wildman–Crippen LogP) is 2.89. The molecule has 4 nitrogen and oxygen atoms in total. The van der Waals surface area contributed by atoms with Crippen LogP contribution in [-0.4, -0.2) is 22.5 Å². The van der Waals surface area contributed by atoms with Crippen LogP contribution in [0.3, 0.4) is 0 Å². The van der Waals surface area contributed by atoms with Gasteiger partial charge >= 0.3 is 0 Å². The van der Waals surface area contributed by atoms with Crippen LogP contribution in [0, 0.1) is 0 Å². The van der Waals surface area contributed by atoms with E-state index in [4.69, 9.17) is 5.84 Å². The fourth-order valence-electron chi connectivity index (χ4n) is 3.19. The first kappa shape index (κ1) is 13.3. The summed E-state index contributed by atoms with van der Waals surface area (Å²) in [6, 6.07) is 11.1. The molecule has 4 heteroatoms. The van der Waals surface area contributed by atoms with E-state index in [0.29, 0.717) is 6.04 Å². The number of fused-ring (bicyclic) bond motifs is 1. The summed E-state index contributed by atoms with van der Waals surface area (Å²) in [5, 5.41) is 1.17. The lowest BCUT2D eigenvalue weighted by Crippen LogP contribution is -2.29. The summed E-state index contributed by atoms with van der Waals surface area (Å²) in [6.45, 7) is 4.37. The van der Waals surface area contributed by atoms with Crippen molar-refractivity contribution in [2.75, 3.05) is 12.0 Å².